The molecule has 25 heavy (non-hydrogen) atoms. The van der Waals surface area contributed by atoms with Crippen molar-refractivity contribution < 1.29 is 9.53 Å². The number of rotatable bonds is 5. The van der Waals surface area contributed by atoms with E-state index in [1.807, 2.05) is 12.1 Å². The average molecular weight is 336 g/mol. The number of ether oxygens (including phenoxy) is 1. The van der Waals surface area contributed by atoms with Crippen LogP contribution in [0.4, 0.5) is 11.4 Å². The number of amides is 1. The van der Waals surface area contributed by atoms with Gasteiger partial charge in [-0.05, 0) is 73.6 Å². The van der Waals surface area contributed by atoms with E-state index in [1.54, 1.807) is 0 Å². The highest BCUT2D eigenvalue weighted by molar-refractivity contribution is 5.92. The fourth-order valence-electron chi connectivity index (χ4n) is 3.84. The van der Waals surface area contributed by atoms with E-state index >= 15 is 0 Å². The molecule has 0 radical (unpaired) electrons. The van der Waals surface area contributed by atoms with Gasteiger partial charge in [-0.15, -0.1) is 0 Å². The van der Waals surface area contributed by atoms with E-state index in [0.29, 0.717) is 0 Å². The van der Waals surface area contributed by atoms with Crippen LogP contribution in [0.25, 0.3) is 0 Å². The first kappa shape index (κ1) is 16.0. The summed E-state index contributed by atoms with van der Waals surface area (Å²) in [6.45, 7) is 4.24. The summed E-state index contributed by atoms with van der Waals surface area (Å²) in [5.74, 6) is 0.656. The quantitative estimate of drug-likeness (QED) is 0.907. The minimum atomic E-state index is -0.124. The summed E-state index contributed by atoms with van der Waals surface area (Å²) in [7, 11) is 0. The molecule has 1 aliphatic heterocycles. The first-order valence-electron chi connectivity index (χ1n) is 9.15. The van der Waals surface area contributed by atoms with Gasteiger partial charge in [-0.3, -0.25) is 4.79 Å². The monoisotopic (exact) mass is 336 g/mol. The first-order valence-corrected chi connectivity index (χ1v) is 9.15. The first-order chi connectivity index (χ1) is 12.2. The van der Waals surface area contributed by atoms with E-state index in [1.165, 1.54) is 28.8 Å². The number of hydrogen-bond acceptors (Lipinski definition) is 3. The number of carbonyl (C=O) groups is 1. The van der Waals surface area contributed by atoms with Crippen molar-refractivity contribution in [3.8, 4) is 5.75 Å². The molecule has 4 heteroatoms. The van der Waals surface area contributed by atoms with Gasteiger partial charge in [0.2, 0.25) is 0 Å². The molecule has 0 fully saturated rings. The molecule has 1 aliphatic carbocycles. The molecule has 0 spiro atoms. The Morgan fingerprint density at radius 1 is 1.08 bits per heavy atom. The van der Waals surface area contributed by atoms with Gasteiger partial charge in [-0.2, -0.15) is 0 Å². The molecule has 4 rings (SSSR count). The van der Waals surface area contributed by atoms with Crippen LogP contribution in [0.5, 0.6) is 5.75 Å². The van der Waals surface area contributed by atoms with Crippen LogP contribution in [-0.4, -0.2) is 25.6 Å². The summed E-state index contributed by atoms with van der Waals surface area (Å²) < 4.78 is 5.68. The summed E-state index contributed by atoms with van der Waals surface area (Å²) in [5, 5.41) is 2.95. The lowest BCUT2D eigenvalue weighted by Crippen LogP contribution is -2.21. The fourth-order valence-corrected chi connectivity index (χ4v) is 3.84. The number of hydrogen-bond donors (Lipinski definition) is 1. The second-order valence-corrected chi connectivity index (χ2v) is 6.79. The van der Waals surface area contributed by atoms with E-state index in [0.717, 1.165) is 43.8 Å². The van der Waals surface area contributed by atoms with Crippen molar-refractivity contribution in [3.63, 3.8) is 0 Å². The smallest absolute Gasteiger partial charge is 0.262 e. The lowest BCUT2D eigenvalue weighted by atomic mass is 10.1. The van der Waals surface area contributed by atoms with Crippen molar-refractivity contribution in [2.75, 3.05) is 29.9 Å². The van der Waals surface area contributed by atoms with Crippen molar-refractivity contribution in [1.82, 2.24) is 0 Å². The molecule has 0 saturated heterocycles. The number of likely N-dealkylation sites (N-methyl/N-ethyl adjacent to an activating group) is 1. The second kappa shape index (κ2) is 6.79. The zero-order valence-corrected chi connectivity index (χ0v) is 14.7. The molecule has 2 aromatic rings. The zero-order valence-electron chi connectivity index (χ0n) is 14.7. The Hall–Kier alpha value is -2.49. The van der Waals surface area contributed by atoms with Crippen LogP contribution in [0.15, 0.2) is 36.4 Å². The van der Waals surface area contributed by atoms with Crippen LogP contribution < -0.4 is 15.0 Å². The number of fused-ring (bicyclic) bond motifs is 2. The molecule has 130 valence electrons. The van der Waals surface area contributed by atoms with Crippen LogP contribution in [0.2, 0.25) is 0 Å². The van der Waals surface area contributed by atoms with Crippen molar-refractivity contribution in [3.05, 3.63) is 53.1 Å². The number of aryl methyl sites for hydroxylation is 2. The maximum absolute atomic E-state index is 12.2. The average Bonchev–Trinajstić information content (AvgIpc) is 3.25. The molecular formula is C21H24N2O2. The van der Waals surface area contributed by atoms with Crippen LogP contribution in [-0.2, 0) is 24.1 Å². The van der Waals surface area contributed by atoms with Crippen LogP contribution in [0, 0.1) is 0 Å². The number of anilines is 2. The minimum absolute atomic E-state index is 0.0351. The van der Waals surface area contributed by atoms with Gasteiger partial charge in [0.1, 0.15) is 5.75 Å². The van der Waals surface area contributed by atoms with Crippen LogP contribution >= 0.6 is 0 Å². The highest BCUT2D eigenvalue weighted by atomic mass is 16.5. The van der Waals surface area contributed by atoms with Gasteiger partial charge in [-0.25, -0.2) is 0 Å². The predicted octanol–water partition coefficient (Wildman–Crippen LogP) is 3.58. The Balaban J connectivity index is 1.36. The molecule has 0 aromatic heterocycles. The molecule has 0 atom stereocenters. The van der Waals surface area contributed by atoms with Gasteiger partial charge in [0, 0.05) is 24.5 Å². The molecule has 0 unspecified atom stereocenters. The maximum Gasteiger partial charge on any atom is 0.262 e. The summed E-state index contributed by atoms with van der Waals surface area (Å²) in [6.07, 6.45) is 4.57. The molecule has 2 aromatic carbocycles. The molecule has 0 saturated carbocycles. The lowest BCUT2D eigenvalue weighted by molar-refractivity contribution is -0.118. The van der Waals surface area contributed by atoms with E-state index in [4.69, 9.17) is 4.74 Å². The topological polar surface area (TPSA) is 41.6 Å². The highest BCUT2D eigenvalue weighted by Gasteiger charge is 2.18. The van der Waals surface area contributed by atoms with E-state index in [2.05, 4.69) is 41.4 Å². The third-order valence-electron chi connectivity index (χ3n) is 5.18. The SMILES string of the molecule is CCN1CCc2ccc(NC(=O)COc3ccc4c(c3)CCC4)cc21. The van der Waals surface area contributed by atoms with Crippen molar-refractivity contribution in [2.24, 2.45) is 0 Å². The van der Waals surface area contributed by atoms with Crippen LogP contribution in [0.3, 0.4) is 0 Å². The molecule has 4 nitrogen and oxygen atoms in total. The summed E-state index contributed by atoms with van der Waals surface area (Å²) in [4.78, 5) is 14.6. The lowest BCUT2D eigenvalue weighted by Gasteiger charge is -2.17. The van der Waals surface area contributed by atoms with Gasteiger partial charge in [0.25, 0.3) is 5.91 Å². The van der Waals surface area contributed by atoms with Crippen molar-refractivity contribution in [2.45, 2.75) is 32.6 Å². The maximum atomic E-state index is 12.2. The van der Waals surface area contributed by atoms with Gasteiger partial charge < -0.3 is 15.0 Å². The molecule has 1 amide bonds. The predicted molar refractivity (Wildman–Crippen MR) is 101 cm³/mol. The molecule has 2 aliphatic rings. The molecule has 1 heterocycles. The molecule has 1 N–H and O–H groups in total. The number of nitrogens with one attached hydrogen (secondary N) is 1. The number of carbonyl (C=O) groups excluding carboxylic acids is 1. The van der Waals surface area contributed by atoms with Crippen molar-refractivity contribution in [1.29, 1.82) is 0 Å². The third-order valence-corrected chi connectivity index (χ3v) is 5.18. The molecular weight excluding hydrogens is 312 g/mol. The summed E-state index contributed by atoms with van der Waals surface area (Å²) in [5.41, 5.74) is 6.20. The fraction of sp³-hybridized carbons (Fsp3) is 0.381. The van der Waals surface area contributed by atoms with Gasteiger partial charge in [-0.1, -0.05) is 12.1 Å². The second-order valence-electron chi connectivity index (χ2n) is 6.79. The number of benzene rings is 2. The summed E-state index contributed by atoms with van der Waals surface area (Å²) >= 11 is 0. The Labute approximate surface area is 148 Å². The Bertz CT molecular complexity index is 800. The van der Waals surface area contributed by atoms with Crippen LogP contribution in [0.1, 0.15) is 30.0 Å². The van der Waals surface area contributed by atoms with Crippen molar-refractivity contribution >= 4 is 17.3 Å². The van der Waals surface area contributed by atoms with E-state index in [-0.39, 0.29) is 12.5 Å². The van der Waals surface area contributed by atoms with Gasteiger partial charge >= 0.3 is 0 Å². The minimum Gasteiger partial charge on any atom is -0.484 e. The van der Waals surface area contributed by atoms with Gasteiger partial charge in [0.15, 0.2) is 6.61 Å². The van der Waals surface area contributed by atoms with E-state index in [9.17, 15) is 4.79 Å². The van der Waals surface area contributed by atoms with Gasteiger partial charge in [0.05, 0.1) is 0 Å². The highest BCUT2D eigenvalue weighted by Crippen LogP contribution is 2.30. The Morgan fingerprint density at radius 3 is 2.80 bits per heavy atom. The Kier molecular flexibility index (Phi) is 4.35. The number of nitrogens with zero attached hydrogens (tertiary/aromatic N) is 1. The zero-order chi connectivity index (χ0) is 17.2. The summed E-state index contributed by atoms with van der Waals surface area (Å²) in [6, 6.07) is 12.3. The normalized spacial score (nSPS) is 15.0. The standard InChI is InChI=1S/C21H24N2O2/c1-2-23-11-10-16-6-8-18(13-20(16)23)22-21(24)14-25-19-9-7-15-4-3-5-17(15)12-19/h6-9,12-13H,2-5,10-11,14H2,1H3,(H,22,24). The molecule has 0 bridgehead atoms. The van der Waals surface area contributed by atoms with E-state index < -0.39 is 0 Å². The largest absolute Gasteiger partial charge is 0.484 e. The Morgan fingerprint density at radius 2 is 1.92 bits per heavy atom. The third kappa shape index (κ3) is 3.34.